The largest absolute Gasteiger partial charge is 0.478 e. The Kier molecular flexibility index (Phi) is 4.80. The van der Waals surface area contributed by atoms with Gasteiger partial charge in [0.1, 0.15) is 0 Å². The van der Waals surface area contributed by atoms with Gasteiger partial charge in [0.05, 0.1) is 9.35 Å². The molecule has 0 spiro atoms. The van der Waals surface area contributed by atoms with Crippen LogP contribution < -0.4 is 5.73 Å². The molecule has 0 atom stereocenters. The fourth-order valence-electron chi connectivity index (χ4n) is 2.10. The van der Waals surface area contributed by atoms with Crippen LogP contribution in [0, 0.1) is 0 Å². The fourth-order valence-corrected chi connectivity index (χ4v) is 3.30. The van der Waals surface area contributed by atoms with Gasteiger partial charge in [-0.05, 0) is 51.6 Å². The van der Waals surface area contributed by atoms with Gasteiger partial charge < -0.3 is 10.8 Å². The highest BCUT2D eigenvalue weighted by molar-refractivity contribution is 9.11. The lowest BCUT2D eigenvalue weighted by molar-refractivity contribution is 0.0696. The second-order valence-corrected chi connectivity index (χ2v) is 6.91. The summed E-state index contributed by atoms with van der Waals surface area (Å²) in [7, 11) is 1.96. The Morgan fingerprint density at radius 3 is 2.80 bits per heavy atom. The van der Waals surface area contributed by atoms with Crippen LogP contribution in [-0.4, -0.2) is 23.0 Å². The number of rotatable bonds is 5. The van der Waals surface area contributed by atoms with Gasteiger partial charge in [-0.3, -0.25) is 4.90 Å². The van der Waals surface area contributed by atoms with Gasteiger partial charge in [0, 0.05) is 18.8 Å². The summed E-state index contributed by atoms with van der Waals surface area (Å²) >= 11 is 5.07. The van der Waals surface area contributed by atoms with Crippen molar-refractivity contribution in [2.24, 2.45) is 0 Å². The van der Waals surface area contributed by atoms with Gasteiger partial charge in [-0.15, -0.1) is 11.3 Å². The number of hydrogen-bond acceptors (Lipinski definition) is 4. The van der Waals surface area contributed by atoms with Crippen LogP contribution >= 0.6 is 27.3 Å². The van der Waals surface area contributed by atoms with Crippen LogP contribution in [0.25, 0.3) is 0 Å². The van der Waals surface area contributed by atoms with Gasteiger partial charge >= 0.3 is 5.97 Å². The molecule has 2 rings (SSSR count). The van der Waals surface area contributed by atoms with E-state index in [4.69, 9.17) is 5.73 Å². The Labute approximate surface area is 130 Å². The normalized spacial score (nSPS) is 10.9. The molecule has 0 amide bonds. The van der Waals surface area contributed by atoms with Crippen molar-refractivity contribution < 1.29 is 9.90 Å². The number of benzene rings is 1. The van der Waals surface area contributed by atoms with Gasteiger partial charge in [0.2, 0.25) is 0 Å². The zero-order valence-corrected chi connectivity index (χ0v) is 13.4. The minimum absolute atomic E-state index is 0.200. The highest BCUT2D eigenvalue weighted by Crippen LogP contribution is 2.23. The number of nitrogen functional groups attached to an aromatic ring is 1. The fraction of sp³-hybridized carbons (Fsp3) is 0.214. The van der Waals surface area contributed by atoms with Crippen molar-refractivity contribution in [3.63, 3.8) is 0 Å². The molecular weight excluding hydrogens is 340 g/mol. The summed E-state index contributed by atoms with van der Waals surface area (Å²) in [4.78, 5) is 13.3. The Bertz CT molecular complexity index is 627. The molecule has 0 unspecified atom stereocenters. The van der Waals surface area contributed by atoms with Crippen molar-refractivity contribution in [1.29, 1.82) is 0 Å². The van der Waals surface area contributed by atoms with Crippen LogP contribution in [0.15, 0.2) is 33.4 Å². The SMILES string of the molecule is CN(Cc1csc(Br)c1)Cc1cccc(N)c1C(=O)O. The molecule has 0 saturated heterocycles. The van der Waals surface area contributed by atoms with Crippen LogP contribution in [0.4, 0.5) is 5.69 Å². The topological polar surface area (TPSA) is 66.6 Å². The van der Waals surface area contributed by atoms with Gasteiger partial charge in [-0.1, -0.05) is 12.1 Å². The molecular formula is C14H15BrN2O2S. The molecule has 0 aliphatic rings. The van der Waals surface area contributed by atoms with E-state index in [2.05, 4.69) is 32.3 Å². The van der Waals surface area contributed by atoms with E-state index in [9.17, 15) is 9.90 Å². The third-order valence-electron chi connectivity index (χ3n) is 2.91. The lowest BCUT2D eigenvalue weighted by atomic mass is 10.0. The number of carbonyl (C=O) groups is 1. The third kappa shape index (κ3) is 3.59. The Morgan fingerprint density at radius 2 is 2.20 bits per heavy atom. The van der Waals surface area contributed by atoms with Gasteiger partial charge in [-0.2, -0.15) is 0 Å². The Morgan fingerprint density at radius 1 is 1.45 bits per heavy atom. The quantitative estimate of drug-likeness (QED) is 0.807. The monoisotopic (exact) mass is 354 g/mol. The van der Waals surface area contributed by atoms with E-state index in [0.717, 1.165) is 15.9 Å². The van der Waals surface area contributed by atoms with Crippen molar-refractivity contribution in [3.05, 3.63) is 50.1 Å². The number of aromatic carboxylic acids is 1. The molecule has 1 aromatic carbocycles. The number of thiophene rings is 1. The molecule has 4 nitrogen and oxygen atoms in total. The van der Waals surface area contributed by atoms with Crippen molar-refractivity contribution in [3.8, 4) is 0 Å². The molecule has 2 aromatic rings. The molecule has 106 valence electrons. The number of hydrogen-bond donors (Lipinski definition) is 2. The minimum atomic E-state index is -0.982. The maximum absolute atomic E-state index is 11.3. The highest BCUT2D eigenvalue weighted by atomic mass is 79.9. The zero-order chi connectivity index (χ0) is 14.7. The summed E-state index contributed by atoms with van der Waals surface area (Å²) in [6, 6.07) is 7.27. The number of carboxylic acids is 1. The van der Waals surface area contributed by atoms with E-state index in [1.807, 2.05) is 7.05 Å². The first-order chi connectivity index (χ1) is 9.47. The van der Waals surface area contributed by atoms with Gasteiger partial charge in [0.25, 0.3) is 0 Å². The van der Waals surface area contributed by atoms with E-state index in [1.54, 1.807) is 29.5 Å². The van der Waals surface area contributed by atoms with Crippen molar-refractivity contribution >= 4 is 38.9 Å². The molecule has 0 aliphatic carbocycles. The Hall–Kier alpha value is -1.37. The van der Waals surface area contributed by atoms with Crippen LogP contribution in [0.1, 0.15) is 21.5 Å². The summed E-state index contributed by atoms with van der Waals surface area (Å²) in [5.41, 5.74) is 8.19. The number of halogens is 1. The maximum Gasteiger partial charge on any atom is 0.338 e. The smallest absolute Gasteiger partial charge is 0.338 e. The number of nitrogens with zero attached hydrogens (tertiary/aromatic N) is 1. The van der Waals surface area contributed by atoms with E-state index < -0.39 is 5.97 Å². The number of carboxylic acid groups (broad SMARTS) is 1. The highest BCUT2D eigenvalue weighted by Gasteiger charge is 2.15. The van der Waals surface area contributed by atoms with Gasteiger partial charge in [-0.25, -0.2) is 4.79 Å². The first-order valence-corrected chi connectivity index (χ1v) is 7.66. The van der Waals surface area contributed by atoms with Crippen LogP contribution in [0.5, 0.6) is 0 Å². The zero-order valence-electron chi connectivity index (χ0n) is 11.0. The molecule has 0 fully saturated rings. The Balaban J connectivity index is 2.13. The molecule has 0 bridgehead atoms. The van der Waals surface area contributed by atoms with Gasteiger partial charge in [0.15, 0.2) is 0 Å². The number of nitrogens with two attached hydrogens (primary N) is 1. The summed E-state index contributed by atoms with van der Waals surface area (Å²) in [5, 5.41) is 11.3. The molecule has 6 heteroatoms. The standard InChI is InChI=1S/C14H15BrN2O2S/c1-17(6-9-5-12(15)20-8-9)7-10-3-2-4-11(16)13(10)14(18)19/h2-5,8H,6-7,16H2,1H3,(H,18,19). The molecule has 1 heterocycles. The second kappa shape index (κ2) is 6.39. The predicted octanol–water partition coefficient (Wildman–Crippen LogP) is 3.42. The summed E-state index contributed by atoms with van der Waals surface area (Å²) in [6.45, 7) is 1.30. The van der Waals surface area contributed by atoms with Crippen LogP contribution in [0.3, 0.4) is 0 Å². The predicted molar refractivity (Wildman–Crippen MR) is 85.0 cm³/mol. The second-order valence-electron chi connectivity index (χ2n) is 4.62. The minimum Gasteiger partial charge on any atom is -0.478 e. The maximum atomic E-state index is 11.3. The number of anilines is 1. The summed E-state index contributed by atoms with van der Waals surface area (Å²) in [6.07, 6.45) is 0. The first kappa shape index (κ1) is 15.0. The lowest BCUT2D eigenvalue weighted by Crippen LogP contribution is -2.19. The molecule has 20 heavy (non-hydrogen) atoms. The van der Waals surface area contributed by atoms with E-state index in [-0.39, 0.29) is 5.56 Å². The van der Waals surface area contributed by atoms with Crippen LogP contribution in [0.2, 0.25) is 0 Å². The van der Waals surface area contributed by atoms with Crippen molar-refractivity contribution in [2.75, 3.05) is 12.8 Å². The third-order valence-corrected chi connectivity index (χ3v) is 4.46. The average Bonchev–Trinajstić information content (AvgIpc) is 2.74. The van der Waals surface area contributed by atoms with Crippen LogP contribution in [-0.2, 0) is 13.1 Å². The lowest BCUT2D eigenvalue weighted by Gasteiger charge is -2.18. The molecule has 3 N–H and O–H groups in total. The summed E-state index contributed by atoms with van der Waals surface area (Å²) < 4.78 is 1.09. The van der Waals surface area contributed by atoms with Crippen molar-refractivity contribution in [1.82, 2.24) is 4.90 Å². The first-order valence-electron chi connectivity index (χ1n) is 5.99. The van der Waals surface area contributed by atoms with E-state index in [0.29, 0.717) is 12.2 Å². The molecule has 0 aliphatic heterocycles. The van der Waals surface area contributed by atoms with E-state index in [1.165, 1.54) is 5.56 Å². The summed E-state index contributed by atoms with van der Waals surface area (Å²) in [5.74, 6) is -0.982. The molecule has 1 aromatic heterocycles. The molecule has 0 saturated carbocycles. The van der Waals surface area contributed by atoms with E-state index >= 15 is 0 Å². The average molecular weight is 355 g/mol. The molecule has 0 radical (unpaired) electrons. The van der Waals surface area contributed by atoms with Crippen molar-refractivity contribution in [2.45, 2.75) is 13.1 Å².